The molecule has 1 aliphatic rings. The van der Waals surface area contributed by atoms with Crippen molar-refractivity contribution in [3.05, 3.63) is 48.0 Å². The lowest BCUT2D eigenvalue weighted by atomic mass is 9.98. The summed E-state index contributed by atoms with van der Waals surface area (Å²) in [7, 11) is -3.80. The average molecular weight is 445 g/mol. The maximum absolute atomic E-state index is 13.2. The van der Waals surface area contributed by atoms with Crippen LogP contribution in [0.4, 0.5) is 5.69 Å². The Hall–Kier alpha value is -2.69. The first-order valence-corrected chi connectivity index (χ1v) is 11.7. The van der Waals surface area contributed by atoms with E-state index < -0.39 is 15.9 Å². The van der Waals surface area contributed by atoms with Crippen molar-refractivity contribution < 1.29 is 18.0 Å². The van der Waals surface area contributed by atoms with Gasteiger partial charge in [-0.3, -0.25) is 9.59 Å². The molecule has 30 heavy (non-hydrogen) atoms. The monoisotopic (exact) mass is 444 g/mol. The van der Waals surface area contributed by atoms with Crippen LogP contribution in [0.2, 0.25) is 0 Å². The standard InChI is InChI=1S/C20H20N4O4S2/c1-13(25)14-5-2-7-16(11-14)21-20(26)15-6-4-10-24(12-15)30(27,28)18-9-3-8-17-19(18)23-29-22-17/h2-3,5,7-9,11,15H,4,6,10,12H2,1H3,(H,21,26)/t15-/m0/s1. The number of fused-ring (bicyclic) bond motifs is 1. The van der Waals surface area contributed by atoms with Gasteiger partial charge in [-0.15, -0.1) is 0 Å². The molecule has 8 nitrogen and oxygen atoms in total. The molecular formula is C20H20N4O4S2. The third-order valence-corrected chi connectivity index (χ3v) is 7.60. The van der Waals surface area contributed by atoms with Gasteiger partial charge in [0.05, 0.1) is 17.6 Å². The molecule has 0 aliphatic carbocycles. The van der Waals surface area contributed by atoms with Gasteiger partial charge in [0, 0.05) is 24.3 Å². The van der Waals surface area contributed by atoms with E-state index in [-0.39, 0.29) is 23.1 Å². The largest absolute Gasteiger partial charge is 0.326 e. The van der Waals surface area contributed by atoms with Crippen molar-refractivity contribution in [2.45, 2.75) is 24.7 Å². The Morgan fingerprint density at radius 1 is 1.17 bits per heavy atom. The van der Waals surface area contributed by atoms with E-state index in [0.29, 0.717) is 41.7 Å². The molecule has 1 atom stereocenters. The minimum absolute atomic E-state index is 0.0910. The second-order valence-electron chi connectivity index (χ2n) is 7.22. The normalized spacial score (nSPS) is 17.7. The summed E-state index contributed by atoms with van der Waals surface area (Å²) in [5.41, 5.74) is 1.92. The Morgan fingerprint density at radius 2 is 1.97 bits per heavy atom. The van der Waals surface area contributed by atoms with Crippen molar-refractivity contribution >= 4 is 50.2 Å². The molecule has 1 aromatic heterocycles. The number of nitrogens with zero attached hydrogens (tertiary/aromatic N) is 3. The highest BCUT2D eigenvalue weighted by Crippen LogP contribution is 2.28. The molecule has 1 amide bonds. The molecule has 3 aromatic rings. The highest BCUT2D eigenvalue weighted by atomic mass is 32.2. The molecule has 0 spiro atoms. The van der Waals surface area contributed by atoms with E-state index in [4.69, 9.17) is 0 Å². The molecule has 0 bridgehead atoms. The summed E-state index contributed by atoms with van der Waals surface area (Å²) in [6, 6.07) is 11.6. The molecule has 1 fully saturated rings. The molecule has 156 valence electrons. The Bertz CT molecular complexity index is 1220. The Morgan fingerprint density at radius 3 is 2.77 bits per heavy atom. The van der Waals surface area contributed by atoms with E-state index in [9.17, 15) is 18.0 Å². The molecule has 0 radical (unpaired) electrons. The lowest BCUT2D eigenvalue weighted by Gasteiger charge is -2.31. The van der Waals surface area contributed by atoms with E-state index in [1.54, 1.807) is 36.4 Å². The van der Waals surface area contributed by atoms with Crippen LogP contribution in [0.15, 0.2) is 47.4 Å². The van der Waals surface area contributed by atoms with Crippen molar-refractivity contribution in [3.63, 3.8) is 0 Å². The zero-order valence-electron chi connectivity index (χ0n) is 16.2. The Balaban J connectivity index is 1.53. The summed E-state index contributed by atoms with van der Waals surface area (Å²) in [5, 5.41) is 2.81. The molecular weight excluding hydrogens is 424 g/mol. The minimum atomic E-state index is -3.80. The third kappa shape index (κ3) is 3.98. The first-order valence-electron chi connectivity index (χ1n) is 9.49. The van der Waals surface area contributed by atoms with Gasteiger partial charge in [0.2, 0.25) is 15.9 Å². The quantitative estimate of drug-likeness (QED) is 0.606. The maximum atomic E-state index is 13.2. The second kappa shape index (κ2) is 8.21. The predicted molar refractivity (Wildman–Crippen MR) is 114 cm³/mol. The van der Waals surface area contributed by atoms with Gasteiger partial charge in [0.1, 0.15) is 15.9 Å². The number of amides is 1. The molecule has 1 aliphatic heterocycles. The van der Waals surface area contributed by atoms with E-state index >= 15 is 0 Å². The topological polar surface area (TPSA) is 109 Å². The molecule has 10 heteroatoms. The SMILES string of the molecule is CC(=O)c1cccc(NC(=O)[C@H]2CCCN(S(=O)(=O)c3cccc4nsnc34)C2)c1. The van der Waals surface area contributed by atoms with Crippen LogP contribution in [0.3, 0.4) is 0 Å². The number of ketones is 1. The molecule has 2 aromatic carbocycles. The van der Waals surface area contributed by atoms with Crippen LogP contribution in [-0.4, -0.2) is 46.3 Å². The van der Waals surface area contributed by atoms with Gasteiger partial charge in [0.15, 0.2) is 5.78 Å². The summed E-state index contributed by atoms with van der Waals surface area (Å²) in [6.45, 7) is 1.90. The van der Waals surface area contributed by atoms with Crippen LogP contribution in [-0.2, 0) is 14.8 Å². The van der Waals surface area contributed by atoms with Crippen molar-refractivity contribution in [1.82, 2.24) is 13.1 Å². The van der Waals surface area contributed by atoms with Crippen molar-refractivity contribution in [2.75, 3.05) is 18.4 Å². The lowest BCUT2D eigenvalue weighted by molar-refractivity contribution is -0.120. The van der Waals surface area contributed by atoms with Crippen LogP contribution >= 0.6 is 11.7 Å². The number of hydrogen-bond donors (Lipinski definition) is 1. The van der Waals surface area contributed by atoms with Crippen LogP contribution in [0.25, 0.3) is 11.0 Å². The number of benzene rings is 2. The summed E-state index contributed by atoms with van der Waals surface area (Å²) in [6.07, 6.45) is 1.17. The number of carbonyl (C=O) groups excluding carboxylic acids is 2. The van der Waals surface area contributed by atoms with Crippen molar-refractivity contribution in [2.24, 2.45) is 5.92 Å². The zero-order chi connectivity index (χ0) is 21.3. The minimum Gasteiger partial charge on any atom is -0.326 e. The molecule has 1 saturated heterocycles. The number of anilines is 1. The molecule has 1 N–H and O–H groups in total. The summed E-state index contributed by atoms with van der Waals surface area (Å²) < 4.78 is 36.1. The van der Waals surface area contributed by atoms with Crippen LogP contribution < -0.4 is 5.32 Å². The lowest BCUT2D eigenvalue weighted by Crippen LogP contribution is -2.43. The van der Waals surface area contributed by atoms with Gasteiger partial charge in [-0.25, -0.2) is 8.42 Å². The van der Waals surface area contributed by atoms with Gasteiger partial charge < -0.3 is 5.32 Å². The van der Waals surface area contributed by atoms with Crippen LogP contribution in [0.1, 0.15) is 30.1 Å². The third-order valence-electron chi connectivity index (χ3n) is 5.16. The van der Waals surface area contributed by atoms with E-state index in [2.05, 4.69) is 14.1 Å². The molecule has 0 saturated carbocycles. The van der Waals surface area contributed by atoms with Gasteiger partial charge >= 0.3 is 0 Å². The molecule has 0 unspecified atom stereocenters. The van der Waals surface area contributed by atoms with Crippen molar-refractivity contribution in [3.8, 4) is 0 Å². The van der Waals surface area contributed by atoms with Crippen LogP contribution in [0.5, 0.6) is 0 Å². The Labute approximate surface area is 178 Å². The van der Waals surface area contributed by atoms with Gasteiger partial charge in [-0.2, -0.15) is 13.1 Å². The fourth-order valence-electron chi connectivity index (χ4n) is 3.56. The van der Waals surface area contributed by atoms with Crippen LogP contribution in [0, 0.1) is 5.92 Å². The summed E-state index contributed by atoms with van der Waals surface area (Å²) >= 11 is 0.969. The van der Waals surface area contributed by atoms with E-state index in [1.165, 1.54) is 17.3 Å². The maximum Gasteiger partial charge on any atom is 0.245 e. The first kappa shape index (κ1) is 20.6. The number of sulfonamides is 1. The summed E-state index contributed by atoms with van der Waals surface area (Å²) in [5.74, 6) is -0.835. The molecule has 2 heterocycles. The van der Waals surface area contributed by atoms with Gasteiger partial charge in [-0.1, -0.05) is 18.2 Å². The smallest absolute Gasteiger partial charge is 0.245 e. The summed E-state index contributed by atoms with van der Waals surface area (Å²) in [4.78, 5) is 24.5. The highest BCUT2D eigenvalue weighted by molar-refractivity contribution is 7.89. The Kier molecular flexibility index (Phi) is 5.63. The number of piperidine rings is 1. The zero-order valence-corrected chi connectivity index (χ0v) is 17.9. The second-order valence-corrected chi connectivity index (χ2v) is 9.65. The number of nitrogens with one attached hydrogen (secondary N) is 1. The number of carbonyl (C=O) groups is 2. The van der Waals surface area contributed by atoms with E-state index in [1.807, 2.05) is 0 Å². The number of aromatic nitrogens is 2. The first-order chi connectivity index (χ1) is 14.4. The number of Topliss-reactive ketones (excluding diaryl/α,β-unsaturated/α-hetero) is 1. The van der Waals surface area contributed by atoms with Gasteiger partial charge in [-0.05, 0) is 44.0 Å². The number of rotatable bonds is 5. The van der Waals surface area contributed by atoms with Crippen molar-refractivity contribution in [1.29, 1.82) is 0 Å². The average Bonchev–Trinajstić information content (AvgIpc) is 3.23. The molecule has 4 rings (SSSR count). The highest BCUT2D eigenvalue weighted by Gasteiger charge is 2.34. The number of hydrogen-bond acceptors (Lipinski definition) is 7. The fraction of sp³-hybridized carbons (Fsp3) is 0.300. The van der Waals surface area contributed by atoms with Gasteiger partial charge in [0.25, 0.3) is 0 Å². The fourth-order valence-corrected chi connectivity index (χ4v) is 5.84. The predicted octanol–water partition coefficient (Wildman–Crippen LogP) is 2.93. The van der Waals surface area contributed by atoms with E-state index in [0.717, 1.165) is 11.7 Å².